The molecule has 0 saturated heterocycles. The number of pyridine rings is 1. The summed E-state index contributed by atoms with van der Waals surface area (Å²) in [5.74, 6) is 0.336. The number of hydrogen-bond donors (Lipinski definition) is 2. The summed E-state index contributed by atoms with van der Waals surface area (Å²) >= 11 is 12.6. The Labute approximate surface area is 175 Å². The first kappa shape index (κ1) is 19.0. The van der Waals surface area contributed by atoms with Crippen LogP contribution >= 0.6 is 23.2 Å². The third-order valence-corrected chi connectivity index (χ3v) is 4.85. The lowest BCUT2D eigenvalue weighted by Crippen LogP contribution is -2.27. The third kappa shape index (κ3) is 3.57. The molecule has 0 spiro atoms. The fraction of sp³-hybridized carbons (Fsp3) is 0.0500. The average molecular weight is 429 g/mol. The number of phenols is 1. The van der Waals surface area contributed by atoms with Crippen molar-refractivity contribution in [2.75, 3.05) is 12.4 Å². The van der Waals surface area contributed by atoms with Gasteiger partial charge in [-0.15, -0.1) is 4.73 Å². The molecule has 0 unspecified atom stereocenters. The number of phenolic OH excluding ortho intramolecular Hbond substituents is 1. The monoisotopic (exact) mass is 428 g/mol. The largest absolute Gasteiger partial charge is 0.508 e. The highest BCUT2D eigenvalue weighted by Crippen LogP contribution is 2.33. The van der Waals surface area contributed by atoms with Crippen molar-refractivity contribution >= 4 is 45.9 Å². The number of halogens is 2. The first-order valence-corrected chi connectivity index (χ1v) is 9.21. The smallest absolute Gasteiger partial charge is 0.293 e. The van der Waals surface area contributed by atoms with Crippen LogP contribution in [0.2, 0.25) is 10.0 Å². The van der Waals surface area contributed by atoms with E-state index in [1.165, 1.54) is 13.2 Å². The number of nitrogens with one attached hydrogen (secondary N) is 1. The van der Waals surface area contributed by atoms with Gasteiger partial charge in [0.15, 0.2) is 5.65 Å². The van der Waals surface area contributed by atoms with E-state index in [1.807, 2.05) is 0 Å². The molecular weight excluding hydrogens is 415 g/mol. The van der Waals surface area contributed by atoms with Crippen LogP contribution in [0.3, 0.4) is 0 Å². The lowest BCUT2D eigenvalue weighted by Gasteiger charge is -2.13. The van der Waals surface area contributed by atoms with Crippen LogP contribution in [0.1, 0.15) is 0 Å². The van der Waals surface area contributed by atoms with Gasteiger partial charge in [0.25, 0.3) is 5.56 Å². The van der Waals surface area contributed by atoms with Crippen molar-refractivity contribution in [3.8, 4) is 16.9 Å². The maximum Gasteiger partial charge on any atom is 0.293 e. The van der Waals surface area contributed by atoms with Crippen LogP contribution in [-0.4, -0.2) is 26.9 Å². The highest BCUT2D eigenvalue weighted by molar-refractivity contribution is 6.39. The predicted octanol–water partition coefficient (Wildman–Crippen LogP) is 4.27. The first-order valence-electron chi connectivity index (χ1n) is 8.45. The molecule has 0 aliphatic rings. The zero-order valence-corrected chi connectivity index (χ0v) is 16.6. The number of fused-ring (bicyclic) bond motifs is 1. The molecular formula is C20H14Cl2N4O3. The second-order valence-electron chi connectivity index (χ2n) is 6.08. The van der Waals surface area contributed by atoms with Crippen LogP contribution < -0.4 is 15.7 Å². The lowest BCUT2D eigenvalue weighted by atomic mass is 10.1. The number of hydrogen-bond acceptors (Lipinski definition) is 6. The molecule has 0 amide bonds. The zero-order chi connectivity index (χ0) is 20.5. The third-order valence-electron chi connectivity index (χ3n) is 4.22. The minimum Gasteiger partial charge on any atom is -0.508 e. The Balaban J connectivity index is 1.87. The molecule has 0 atom stereocenters. The maximum atomic E-state index is 13.0. The van der Waals surface area contributed by atoms with Gasteiger partial charge in [-0.1, -0.05) is 35.3 Å². The molecule has 2 heterocycles. The highest BCUT2D eigenvalue weighted by atomic mass is 35.5. The Morgan fingerprint density at radius 2 is 1.83 bits per heavy atom. The van der Waals surface area contributed by atoms with Gasteiger partial charge in [-0.05, 0) is 30.3 Å². The fourth-order valence-corrected chi connectivity index (χ4v) is 3.55. The minimum atomic E-state index is -0.461. The highest BCUT2D eigenvalue weighted by Gasteiger charge is 2.18. The molecule has 0 radical (unpaired) electrons. The number of nitrogens with zero attached hydrogens (tertiary/aromatic N) is 3. The summed E-state index contributed by atoms with van der Waals surface area (Å²) in [6, 6.07) is 13.1. The number of aromatic nitrogens is 3. The van der Waals surface area contributed by atoms with Gasteiger partial charge in [-0.25, -0.2) is 4.98 Å². The molecule has 146 valence electrons. The predicted molar refractivity (Wildman–Crippen MR) is 113 cm³/mol. The molecule has 0 aliphatic heterocycles. The number of anilines is 2. The van der Waals surface area contributed by atoms with Crippen molar-refractivity contribution < 1.29 is 9.94 Å². The van der Waals surface area contributed by atoms with Crippen LogP contribution in [0.15, 0.2) is 59.5 Å². The molecule has 0 saturated carbocycles. The van der Waals surface area contributed by atoms with Gasteiger partial charge in [0, 0.05) is 28.9 Å². The van der Waals surface area contributed by atoms with Gasteiger partial charge in [-0.3, -0.25) is 4.79 Å². The topological polar surface area (TPSA) is 89.3 Å². The summed E-state index contributed by atoms with van der Waals surface area (Å²) in [6.07, 6.45) is 1.55. The van der Waals surface area contributed by atoms with Gasteiger partial charge in [0.2, 0.25) is 5.95 Å². The van der Waals surface area contributed by atoms with E-state index >= 15 is 0 Å². The Morgan fingerprint density at radius 3 is 2.52 bits per heavy atom. The Bertz CT molecular complexity index is 1270. The van der Waals surface area contributed by atoms with Crippen molar-refractivity contribution in [3.05, 3.63) is 75.1 Å². The molecule has 7 nitrogen and oxygen atoms in total. The van der Waals surface area contributed by atoms with Gasteiger partial charge in [0.1, 0.15) is 12.9 Å². The standard InChI is InChI=1S/C20H14Cl2N4O3/c1-29-26-18-11(8-14(19(26)28)17-15(21)6-3-7-16(17)22)10-23-20(25-18)24-12-4-2-5-13(27)9-12/h2-10,27H,1H3,(H,23,24,25). The molecule has 2 aromatic carbocycles. The molecule has 4 rings (SSSR count). The Kier molecular flexibility index (Phi) is 5.00. The van der Waals surface area contributed by atoms with E-state index in [9.17, 15) is 9.90 Å². The van der Waals surface area contributed by atoms with E-state index in [2.05, 4.69) is 15.3 Å². The van der Waals surface area contributed by atoms with Crippen molar-refractivity contribution in [3.63, 3.8) is 0 Å². The average Bonchev–Trinajstić information content (AvgIpc) is 2.68. The summed E-state index contributed by atoms with van der Waals surface area (Å²) in [7, 11) is 1.36. The molecule has 0 fully saturated rings. The normalized spacial score (nSPS) is 10.9. The van der Waals surface area contributed by atoms with Crippen LogP contribution in [0.25, 0.3) is 22.2 Å². The quantitative estimate of drug-likeness (QED) is 0.504. The van der Waals surface area contributed by atoms with Crippen LogP contribution in [0, 0.1) is 0 Å². The summed E-state index contributed by atoms with van der Waals surface area (Å²) in [5.41, 5.74) is 1.08. The Hall–Kier alpha value is -3.29. The van der Waals surface area contributed by atoms with Crippen LogP contribution in [0.5, 0.6) is 5.75 Å². The molecule has 0 bridgehead atoms. The zero-order valence-electron chi connectivity index (χ0n) is 15.1. The number of rotatable bonds is 4. The van der Waals surface area contributed by atoms with Crippen molar-refractivity contribution in [2.45, 2.75) is 0 Å². The molecule has 9 heteroatoms. The Morgan fingerprint density at radius 1 is 1.10 bits per heavy atom. The summed E-state index contributed by atoms with van der Waals surface area (Å²) < 4.78 is 1.06. The molecule has 29 heavy (non-hydrogen) atoms. The molecule has 0 aliphatic carbocycles. The van der Waals surface area contributed by atoms with E-state index in [4.69, 9.17) is 28.0 Å². The fourth-order valence-electron chi connectivity index (χ4n) is 2.95. The van der Waals surface area contributed by atoms with E-state index in [0.717, 1.165) is 4.73 Å². The summed E-state index contributed by atoms with van der Waals surface area (Å²) in [6.45, 7) is 0. The minimum absolute atomic E-state index is 0.103. The van der Waals surface area contributed by atoms with Crippen LogP contribution in [0.4, 0.5) is 11.6 Å². The lowest BCUT2D eigenvalue weighted by molar-refractivity contribution is 0.168. The first-order chi connectivity index (χ1) is 14.0. The second kappa shape index (κ2) is 7.62. The van der Waals surface area contributed by atoms with Crippen LogP contribution in [-0.2, 0) is 0 Å². The van der Waals surface area contributed by atoms with E-state index in [1.54, 1.807) is 48.7 Å². The summed E-state index contributed by atoms with van der Waals surface area (Å²) in [4.78, 5) is 27.0. The number of aromatic hydroxyl groups is 1. The molecule has 2 aromatic heterocycles. The van der Waals surface area contributed by atoms with Gasteiger partial charge < -0.3 is 15.3 Å². The van der Waals surface area contributed by atoms with Gasteiger partial charge in [-0.2, -0.15) is 4.98 Å². The number of benzene rings is 2. The second-order valence-corrected chi connectivity index (χ2v) is 6.90. The summed E-state index contributed by atoms with van der Waals surface area (Å²) in [5, 5.41) is 13.8. The molecule has 2 N–H and O–H groups in total. The van der Waals surface area contributed by atoms with E-state index in [0.29, 0.717) is 26.7 Å². The van der Waals surface area contributed by atoms with Gasteiger partial charge in [0.05, 0.1) is 15.6 Å². The molecule has 4 aromatic rings. The van der Waals surface area contributed by atoms with Crippen molar-refractivity contribution in [1.82, 2.24) is 14.7 Å². The van der Waals surface area contributed by atoms with E-state index in [-0.39, 0.29) is 22.9 Å². The van der Waals surface area contributed by atoms with Gasteiger partial charge >= 0.3 is 0 Å². The van der Waals surface area contributed by atoms with Crippen molar-refractivity contribution in [2.24, 2.45) is 0 Å². The van der Waals surface area contributed by atoms with E-state index < -0.39 is 5.56 Å². The SMILES string of the molecule is COn1c(=O)c(-c2c(Cl)cccc2Cl)cc2cnc(Nc3cccc(O)c3)nc21. The maximum absolute atomic E-state index is 13.0. The van der Waals surface area contributed by atoms with Crippen molar-refractivity contribution in [1.29, 1.82) is 0 Å².